The molecule has 0 saturated carbocycles. The van der Waals surface area contributed by atoms with Gasteiger partial charge >= 0.3 is 5.97 Å². The Morgan fingerprint density at radius 2 is 2.08 bits per heavy atom. The standard InChI is InChI=1S/C18H14N4O2/c1-10-3-2-4-11(7-10)20-17-12-8-15(18(23)24)21-16(12)13-9-19-6-5-14(13)22-17/h2-9,21H,1H3,(H,20,22)(H,23,24). The molecule has 6 heteroatoms. The fourth-order valence-corrected chi connectivity index (χ4v) is 2.78. The fourth-order valence-electron chi connectivity index (χ4n) is 2.78. The van der Waals surface area contributed by atoms with Crippen LogP contribution in [0.4, 0.5) is 11.5 Å². The van der Waals surface area contributed by atoms with Gasteiger partial charge in [0.1, 0.15) is 11.5 Å². The van der Waals surface area contributed by atoms with Crippen molar-refractivity contribution in [2.24, 2.45) is 0 Å². The van der Waals surface area contributed by atoms with Crippen molar-refractivity contribution in [3.8, 4) is 0 Å². The highest BCUT2D eigenvalue weighted by Crippen LogP contribution is 2.31. The number of anilines is 2. The Balaban J connectivity index is 1.96. The van der Waals surface area contributed by atoms with Gasteiger partial charge in [-0.25, -0.2) is 9.78 Å². The van der Waals surface area contributed by atoms with Gasteiger partial charge in [0.05, 0.1) is 11.0 Å². The lowest BCUT2D eigenvalue weighted by Gasteiger charge is -2.09. The highest BCUT2D eigenvalue weighted by molar-refractivity contribution is 6.10. The van der Waals surface area contributed by atoms with E-state index in [0.29, 0.717) is 11.3 Å². The van der Waals surface area contributed by atoms with Gasteiger partial charge in [0.15, 0.2) is 0 Å². The van der Waals surface area contributed by atoms with E-state index in [1.807, 2.05) is 31.2 Å². The number of hydrogen-bond acceptors (Lipinski definition) is 4. The Morgan fingerprint density at radius 1 is 1.21 bits per heavy atom. The smallest absolute Gasteiger partial charge is 0.352 e. The topological polar surface area (TPSA) is 90.9 Å². The molecular formula is C18H14N4O2. The van der Waals surface area contributed by atoms with Gasteiger partial charge in [0, 0.05) is 28.9 Å². The van der Waals surface area contributed by atoms with E-state index in [1.165, 1.54) is 0 Å². The second-order valence-corrected chi connectivity index (χ2v) is 5.62. The number of hydrogen-bond donors (Lipinski definition) is 3. The number of nitrogens with zero attached hydrogens (tertiary/aromatic N) is 2. The van der Waals surface area contributed by atoms with Gasteiger partial charge in [0.25, 0.3) is 0 Å². The molecule has 0 spiro atoms. The predicted octanol–water partition coefficient (Wildman–Crippen LogP) is 3.86. The third kappa shape index (κ3) is 2.34. The molecule has 0 aliphatic carbocycles. The van der Waals surface area contributed by atoms with Gasteiger partial charge in [0.2, 0.25) is 0 Å². The molecule has 4 rings (SSSR count). The Kier molecular flexibility index (Phi) is 3.16. The molecular weight excluding hydrogens is 304 g/mol. The van der Waals surface area contributed by atoms with Gasteiger partial charge in [-0.3, -0.25) is 4.98 Å². The minimum atomic E-state index is -1.01. The molecule has 0 fully saturated rings. The molecule has 0 amide bonds. The molecule has 118 valence electrons. The van der Waals surface area contributed by atoms with Crippen molar-refractivity contribution in [1.29, 1.82) is 0 Å². The SMILES string of the molecule is Cc1cccc(Nc2nc3ccncc3c3[nH]c(C(=O)O)cc23)c1. The summed E-state index contributed by atoms with van der Waals surface area (Å²) in [5.41, 5.74) is 3.60. The summed E-state index contributed by atoms with van der Waals surface area (Å²) in [6.07, 6.45) is 3.35. The number of aromatic amines is 1. The summed E-state index contributed by atoms with van der Waals surface area (Å²) in [5, 5.41) is 14.1. The Morgan fingerprint density at radius 3 is 2.88 bits per heavy atom. The first-order chi connectivity index (χ1) is 11.6. The number of aromatic nitrogens is 3. The minimum absolute atomic E-state index is 0.121. The van der Waals surface area contributed by atoms with E-state index < -0.39 is 5.97 Å². The van der Waals surface area contributed by atoms with Gasteiger partial charge in [-0.15, -0.1) is 0 Å². The molecule has 0 bridgehead atoms. The van der Waals surface area contributed by atoms with E-state index >= 15 is 0 Å². The summed E-state index contributed by atoms with van der Waals surface area (Å²) < 4.78 is 0. The average Bonchev–Trinajstić information content (AvgIpc) is 3.01. The number of carbonyl (C=O) groups is 1. The number of rotatable bonds is 3. The Bertz CT molecular complexity index is 1080. The van der Waals surface area contributed by atoms with Crippen LogP contribution >= 0.6 is 0 Å². The summed E-state index contributed by atoms with van der Waals surface area (Å²) in [7, 11) is 0. The second kappa shape index (κ2) is 5.34. The maximum atomic E-state index is 11.3. The summed E-state index contributed by atoms with van der Waals surface area (Å²) in [6.45, 7) is 2.01. The molecule has 6 nitrogen and oxygen atoms in total. The van der Waals surface area contributed by atoms with Crippen molar-refractivity contribution >= 4 is 39.3 Å². The molecule has 3 heterocycles. The van der Waals surface area contributed by atoms with E-state index in [-0.39, 0.29) is 5.69 Å². The molecule has 0 saturated heterocycles. The van der Waals surface area contributed by atoms with Crippen LogP contribution in [0.25, 0.3) is 21.8 Å². The number of H-pyrrole nitrogens is 1. The molecule has 3 N–H and O–H groups in total. The van der Waals surface area contributed by atoms with E-state index in [0.717, 1.165) is 27.5 Å². The van der Waals surface area contributed by atoms with Gasteiger partial charge in [-0.2, -0.15) is 0 Å². The van der Waals surface area contributed by atoms with E-state index in [9.17, 15) is 9.90 Å². The summed E-state index contributed by atoms with van der Waals surface area (Å²) in [6, 6.07) is 11.3. The molecule has 1 aromatic carbocycles. The number of aromatic carboxylic acids is 1. The van der Waals surface area contributed by atoms with Crippen molar-refractivity contribution in [3.05, 3.63) is 60.0 Å². The highest BCUT2D eigenvalue weighted by Gasteiger charge is 2.15. The third-order valence-electron chi connectivity index (χ3n) is 3.88. The van der Waals surface area contributed by atoms with E-state index in [2.05, 4.69) is 20.3 Å². The van der Waals surface area contributed by atoms with Crippen LogP contribution in [0.2, 0.25) is 0 Å². The zero-order valence-corrected chi connectivity index (χ0v) is 12.9. The van der Waals surface area contributed by atoms with Crippen LogP contribution in [0.15, 0.2) is 48.8 Å². The maximum Gasteiger partial charge on any atom is 0.352 e. The third-order valence-corrected chi connectivity index (χ3v) is 3.88. The van der Waals surface area contributed by atoms with Crippen molar-refractivity contribution in [2.45, 2.75) is 6.92 Å². The predicted molar refractivity (Wildman–Crippen MR) is 92.8 cm³/mol. The lowest BCUT2D eigenvalue weighted by atomic mass is 10.2. The first kappa shape index (κ1) is 14.2. The normalized spacial score (nSPS) is 11.0. The van der Waals surface area contributed by atoms with Crippen molar-refractivity contribution < 1.29 is 9.90 Å². The van der Waals surface area contributed by atoms with Gasteiger partial charge < -0.3 is 15.4 Å². The zero-order valence-electron chi connectivity index (χ0n) is 12.9. The molecule has 0 atom stereocenters. The first-order valence-electron chi connectivity index (χ1n) is 7.45. The molecule has 4 aromatic rings. The van der Waals surface area contributed by atoms with Gasteiger partial charge in [-0.1, -0.05) is 12.1 Å². The molecule has 0 aliphatic rings. The lowest BCUT2D eigenvalue weighted by molar-refractivity contribution is 0.0691. The molecule has 24 heavy (non-hydrogen) atoms. The number of pyridine rings is 2. The van der Waals surface area contributed by atoms with Crippen molar-refractivity contribution in [1.82, 2.24) is 15.0 Å². The number of fused-ring (bicyclic) bond motifs is 3. The molecule has 0 aliphatic heterocycles. The largest absolute Gasteiger partial charge is 0.477 e. The number of aryl methyl sites for hydroxylation is 1. The summed E-state index contributed by atoms with van der Waals surface area (Å²) in [5.74, 6) is -0.400. The quantitative estimate of drug-likeness (QED) is 0.533. The average molecular weight is 318 g/mol. The number of carboxylic acid groups (broad SMARTS) is 1. The maximum absolute atomic E-state index is 11.3. The van der Waals surface area contributed by atoms with Crippen molar-refractivity contribution in [2.75, 3.05) is 5.32 Å². The Hall–Kier alpha value is -3.41. The van der Waals surface area contributed by atoms with Crippen LogP contribution < -0.4 is 5.32 Å². The second-order valence-electron chi connectivity index (χ2n) is 5.62. The van der Waals surface area contributed by atoms with Crippen LogP contribution in [0.5, 0.6) is 0 Å². The molecule has 0 radical (unpaired) electrons. The molecule has 3 aromatic heterocycles. The van der Waals surface area contributed by atoms with Crippen molar-refractivity contribution in [3.63, 3.8) is 0 Å². The minimum Gasteiger partial charge on any atom is -0.477 e. The van der Waals surface area contributed by atoms with E-state index in [1.54, 1.807) is 24.5 Å². The van der Waals surface area contributed by atoms with Crippen LogP contribution in [0, 0.1) is 6.92 Å². The fraction of sp³-hybridized carbons (Fsp3) is 0.0556. The number of carboxylic acids is 1. The summed E-state index contributed by atoms with van der Waals surface area (Å²) >= 11 is 0. The van der Waals surface area contributed by atoms with Crippen LogP contribution in [0.1, 0.15) is 16.1 Å². The van der Waals surface area contributed by atoms with Gasteiger partial charge in [-0.05, 0) is 36.8 Å². The van der Waals surface area contributed by atoms with E-state index in [4.69, 9.17) is 0 Å². The zero-order chi connectivity index (χ0) is 16.7. The highest BCUT2D eigenvalue weighted by atomic mass is 16.4. The summed E-state index contributed by atoms with van der Waals surface area (Å²) in [4.78, 5) is 23.0. The number of nitrogens with one attached hydrogen (secondary N) is 2. The monoisotopic (exact) mass is 318 g/mol. The first-order valence-corrected chi connectivity index (χ1v) is 7.45. The Labute approximate surface area is 137 Å². The lowest BCUT2D eigenvalue weighted by Crippen LogP contribution is -1.95. The molecule has 0 unspecified atom stereocenters. The van der Waals surface area contributed by atoms with Crippen LogP contribution in [0.3, 0.4) is 0 Å². The van der Waals surface area contributed by atoms with Crippen LogP contribution in [-0.4, -0.2) is 26.0 Å². The number of benzene rings is 1. The van der Waals surface area contributed by atoms with Crippen LogP contribution in [-0.2, 0) is 0 Å².